The van der Waals surface area contributed by atoms with Gasteiger partial charge in [-0.3, -0.25) is 4.79 Å². The monoisotopic (exact) mass is 790 g/mol. The molecule has 0 radical (unpaired) electrons. The van der Waals surface area contributed by atoms with Gasteiger partial charge < -0.3 is 33.0 Å². The summed E-state index contributed by atoms with van der Waals surface area (Å²) in [7, 11) is -4.37. The van der Waals surface area contributed by atoms with E-state index in [4.69, 9.17) is 28.4 Å². The Morgan fingerprint density at radius 1 is 0.717 bits per heavy atom. The van der Waals surface area contributed by atoms with E-state index in [2.05, 4.69) is 39.8 Å². The third kappa shape index (κ3) is 17.0. The Kier molecular flexibility index (Phi) is 23.1. The van der Waals surface area contributed by atoms with Crippen molar-refractivity contribution in [3.05, 3.63) is 71.8 Å². The molecule has 2 heterocycles. The number of carbonyl (C=O) groups excluding carboxylic acids is 1. The summed E-state index contributed by atoms with van der Waals surface area (Å²) in [6.45, 7) is 16.2. The van der Waals surface area contributed by atoms with Gasteiger partial charge in [-0.1, -0.05) is 127 Å². The molecule has 0 amide bonds. The molecule has 2 aliphatic heterocycles. The fourth-order valence-electron chi connectivity index (χ4n) is 6.25. The summed E-state index contributed by atoms with van der Waals surface area (Å²) in [5.41, 5.74) is 2.19. The summed E-state index contributed by atoms with van der Waals surface area (Å²) in [6.07, 6.45) is 1.76. The van der Waals surface area contributed by atoms with Gasteiger partial charge in [0.05, 0.1) is 41.3 Å². The molecule has 13 heteroatoms. The smallest absolute Gasteiger partial charge is 0.748 e. The van der Waals surface area contributed by atoms with Gasteiger partial charge in [-0.2, -0.15) is 0 Å². The Balaban J connectivity index is 0.000000521. The molecule has 2 fully saturated rings. The third-order valence-corrected chi connectivity index (χ3v) is 11.6. The number of benzene rings is 2. The molecule has 0 spiro atoms. The van der Waals surface area contributed by atoms with Crippen molar-refractivity contribution in [2.24, 2.45) is 23.7 Å². The summed E-state index contributed by atoms with van der Waals surface area (Å²) in [6, 6.07) is 20.0. The minimum absolute atomic E-state index is 0. The molecule has 296 valence electrons. The van der Waals surface area contributed by atoms with Gasteiger partial charge in [0.15, 0.2) is 17.7 Å². The molecule has 2 saturated heterocycles. The Bertz CT molecular complexity index is 1390. The molecule has 0 unspecified atom stereocenters. The zero-order chi connectivity index (χ0) is 38.1. The van der Waals surface area contributed by atoms with Crippen LogP contribution in [0.1, 0.15) is 86.7 Å². The van der Waals surface area contributed by atoms with E-state index in [-0.39, 0.29) is 78.5 Å². The Morgan fingerprint density at radius 2 is 1.13 bits per heavy atom. The molecule has 10 nitrogen and oxygen atoms in total. The molecule has 0 aromatic heterocycles. The van der Waals surface area contributed by atoms with Gasteiger partial charge in [0.1, 0.15) is 12.2 Å². The van der Waals surface area contributed by atoms with E-state index in [1.54, 1.807) is 6.92 Å². The standard InChI is InChI=1S/C21H32O4S.C19H30O6S.Na.H2/c1-5-6-12-23-21-20(24-13-18-10-8-7-9-11-18)16(3)15(2)19(25-21)14-26-17(4)22;1-4-5-11-23-19-18(24-12-16-9-7-6-8-10-16)15(3)14(2)17(25-19)13-26(20,21)22;;/h7-11,15-16,19-21H,5-6,12-14H2,1-4H3;6-10,14-15,17-19H,4-5,11-13H2,1-3H3,(H,20,21,22);;1H/q;;+1;/p-1/t15-,16-,19+,20+,21-;14-,15-,17+,18+,19-;;/m00../s1. The Labute approximate surface area is 346 Å². The third-order valence-electron chi connectivity index (χ3n) is 9.97. The number of thioether (sulfide) groups is 1. The van der Waals surface area contributed by atoms with E-state index in [0.717, 1.165) is 36.8 Å². The fourth-order valence-corrected chi connectivity index (χ4v) is 7.82. The molecule has 2 aromatic carbocycles. The summed E-state index contributed by atoms with van der Waals surface area (Å²) in [5.74, 6) is 0.568. The first kappa shape index (κ1) is 48.3. The Morgan fingerprint density at radius 3 is 1.53 bits per heavy atom. The van der Waals surface area contributed by atoms with Gasteiger partial charge >= 0.3 is 29.6 Å². The zero-order valence-corrected chi connectivity index (χ0v) is 36.7. The quantitative estimate of drug-likeness (QED) is 0.117. The van der Waals surface area contributed by atoms with E-state index >= 15 is 0 Å². The van der Waals surface area contributed by atoms with Gasteiger partial charge in [0, 0.05) is 27.3 Å². The zero-order valence-electron chi connectivity index (χ0n) is 33.0. The van der Waals surface area contributed by atoms with Crippen molar-refractivity contribution in [3.8, 4) is 0 Å². The number of unbranched alkanes of at least 4 members (excludes halogenated alkanes) is 2. The molecule has 53 heavy (non-hydrogen) atoms. The van der Waals surface area contributed by atoms with Crippen LogP contribution in [-0.2, 0) is 56.5 Å². The van der Waals surface area contributed by atoms with Gasteiger partial charge in [0.2, 0.25) is 0 Å². The first-order valence-corrected chi connectivity index (χ1v) is 21.3. The predicted octanol–water partition coefficient (Wildman–Crippen LogP) is 4.85. The average Bonchev–Trinajstić information content (AvgIpc) is 3.11. The van der Waals surface area contributed by atoms with E-state index < -0.39 is 28.3 Å². The molecule has 10 atom stereocenters. The van der Waals surface area contributed by atoms with Crippen molar-refractivity contribution in [2.75, 3.05) is 24.7 Å². The number of rotatable bonds is 18. The molecule has 0 bridgehead atoms. The van der Waals surface area contributed by atoms with Crippen LogP contribution < -0.4 is 29.6 Å². The fraction of sp³-hybridized carbons (Fsp3) is 0.675. The van der Waals surface area contributed by atoms with E-state index in [1.807, 2.05) is 62.4 Å². The van der Waals surface area contributed by atoms with Crippen molar-refractivity contribution >= 4 is 27.0 Å². The normalized spacial score (nSPS) is 28.7. The van der Waals surface area contributed by atoms with Crippen LogP contribution >= 0.6 is 11.8 Å². The molecule has 2 aliphatic rings. The first-order chi connectivity index (χ1) is 24.8. The second kappa shape index (κ2) is 25.4. The summed E-state index contributed by atoms with van der Waals surface area (Å²) >= 11 is 1.33. The summed E-state index contributed by atoms with van der Waals surface area (Å²) in [5, 5.41) is 0.124. The number of carbonyl (C=O) groups is 1. The maximum Gasteiger partial charge on any atom is 1.00 e. The van der Waals surface area contributed by atoms with E-state index in [9.17, 15) is 17.8 Å². The van der Waals surface area contributed by atoms with Crippen molar-refractivity contribution < 1.29 is 77.2 Å². The van der Waals surface area contributed by atoms with Crippen molar-refractivity contribution in [1.29, 1.82) is 0 Å². The van der Waals surface area contributed by atoms with Gasteiger partial charge in [0.25, 0.3) is 0 Å². The average molecular weight is 791 g/mol. The van der Waals surface area contributed by atoms with Crippen LogP contribution in [0, 0.1) is 23.7 Å². The maximum atomic E-state index is 11.3. The van der Waals surface area contributed by atoms with Crippen LogP contribution in [0.2, 0.25) is 0 Å². The van der Waals surface area contributed by atoms with Crippen LogP contribution in [0.15, 0.2) is 60.7 Å². The van der Waals surface area contributed by atoms with Crippen molar-refractivity contribution in [3.63, 3.8) is 0 Å². The summed E-state index contributed by atoms with van der Waals surface area (Å²) in [4.78, 5) is 11.3. The van der Waals surface area contributed by atoms with Gasteiger partial charge in [-0.15, -0.1) is 0 Å². The Hall–Kier alpha value is -0.870. The second-order valence-electron chi connectivity index (χ2n) is 14.0. The van der Waals surface area contributed by atoms with E-state index in [0.29, 0.717) is 38.1 Å². The van der Waals surface area contributed by atoms with E-state index in [1.165, 1.54) is 11.8 Å². The first-order valence-electron chi connectivity index (χ1n) is 18.8. The van der Waals surface area contributed by atoms with Gasteiger partial charge in [-0.05, 0) is 47.6 Å². The molecule has 4 rings (SSSR count). The van der Waals surface area contributed by atoms with Gasteiger partial charge in [-0.25, -0.2) is 8.42 Å². The maximum absolute atomic E-state index is 11.3. The SMILES string of the molecule is CCCCO[C@H]1O[C@H](CS(=O)(=O)[O-])[C@@H](C)[C@H](C)[C@H]1OCc1ccccc1.CCCCO[C@H]1O[C@H](CSC(C)=O)[C@@H](C)[C@H](C)[C@H]1OCc1ccccc1.[HH].[Na+]. The number of ether oxygens (including phenoxy) is 6. The number of hydrogen-bond acceptors (Lipinski definition) is 11. The summed E-state index contributed by atoms with van der Waals surface area (Å²) < 4.78 is 69.9. The molecule has 0 aliphatic carbocycles. The van der Waals surface area contributed by atoms with Crippen LogP contribution in [0.5, 0.6) is 0 Å². The molecule has 0 N–H and O–H groups in total. The van der Waals surface area contributed by atoms with Crippen LogP contribution in [0.25, 0.3) is 0 Å². The van der Waals surface area contributed by atoms with Crippen molar-refractivity contribution in [2.45, 2.75) is 124 Å². The van der Waals surface area contributed by atoms with Crippen LogP contribution in [0.3, 0.4) is 0 Å². The molecular formula is C40H63NaO10S2. The molecule has 0 saturated carbocycles. The van der Waals surface area contributed by atoms with Crippen LogP contribution in [0.4, 0.5) is 0 Å². The van der Waals surface area contributed by atoms with Crippen LogP contribution in [-0.4, -0.2) is 79.8 Å². The predicted molar refractivity (Wildman–Crippen MR) is 206 cm³/mol. The topological polar surface area (TPSA) is 130 Å². The second-order valence-corrected chi connectivity index (χ2v) is 16.7. The van der Waals surface area contributed by atoms with Crippen molar-refractivity contribution in [1.82, 2.24) is 0 Å². The molecule has 2 aromatic rings. The molecular weight excluding hydrogens is 728 g/mol. The minimum Gasteiger partial charge on any atom is -0.748 e. The largest absolute Gasteiger partial charge is 1.00 e. The minimum atomic E-state index is -4.37. The number of hydrogen-bond donors (Lipinski definition) is 0.